The first-order valence-corrected chi connectivity index (χ1v) is 8.97. The number of nitrogens with one attached hydrogen (secondary N) is 2. The molecule has 1 heterocycles. The van der Waals surface area contributed by atoms with E-state index in [4.69, 9.17) is 4.84 Å². The van der Waals surface area contributed by atoms with Crippen LogP contribution in [-0.4, -0.2) is 54.9 Å². The van der Waals surface area contributed by atoms with E-state index in [0.29, 0.717) is 43.6 Å². The molecule has 0 aromatic carbocycles. The highest BCUT2D eigenvalue weighted by Gasteiger charge is 2.40. The zero-order valence-corrected chi connectivity index (χ0v) is 14.6. The molecule has 0 bridgehead atoms. The van der Waals surface area contributed by atoms with Crippen molar-refractivity contribution >= 4 is 11.7 Å². The number of hydroxylamine groups is 1. The number of carbonyl (C=O) groups excluding carboxylic acids is 2. The number of ketones is 1. The van der Waals surface area contributed by atoms with Gasteiger partial charge in [-0.05, 0) is 37.8 Å². The van der Waals surface area contributed by atoms with Crippen LogP contribution in [0, 0.1) is 11.8 Å². The van der Waals surface area contributed by atoms with E-state index in [2.05, 4.69) is 36.5 Å². The molecular formula is C17H31N3O3. The van der Waals surface area contributed by atoms with Crippen LogP contribution in [0.3, 0.4) is 0 Å². The molecular weight excluding hydrogens is 294 g/mol. The Morgan fingerprint density at radius 1 is 1.39 bits per heavy atom. The van der Waals surface area contributed by atoms with E-state index >= 15 is 0 Å². The van der Waals surface area contributed by atoms with Crippen LogP contribution in [0.15, 0.2) is 0 Å². The number of nitrogens with zero attached hydrogens (tertiary/aromatic N) is 1. The van der Waals surface area contributed by atoms with Gasteiger partial charge in [-0.15, -0.1) is 0 Å². The fraction of sp³-hybridized carbons (Fsp3) is 0.882. The lowest BCUT2D eigenvalue weighted by atomic mass is 9.74. The third-order valence-corrected chi connectivity index (χ3v) is 5.38. The monoisotopic (exact) mass is 325 g/mol. The van der Waals surface area contributed by atoms with Crippen LogP contribution in [0.1, 0.15) is 46.5 Å². The van der Waals surface area contributed by atoms with Gasteiger partial charge in [0.2, 0.25) is 5.91 Å². The molecule has 1 saturated carbocycles. The van der Waals surface area contributed by atoms with E-state index in [9.17, 15) is 9.59 Å². The number of carbonyl (C=O) groups is 2. The molecule has 2 fully saturated rings. The lowest BCUT2D eigenvalue weighted by molar-refractivity contribution is -0.160. The average molecular weight is 325 g/mol. The predicted molar refractivity (Wildman–Crippen MR) is 88.7 cm³/mol. The fourth-order valence-electron chi connectivity index (χ4n) is 3.70. The first kappa shape index (κ1) is 18.4. The Morgan fingerprint density at radius 2 is 2.13 bits per heavy atom. The second-order valence-electron chi connectivity index (χ2n) is 6.79. The summed E-state index contributed by atoms with van der Waals surface area (Å²) in [5.74, 6) is 1.30. The van der Waals surface area contributed by atoms with Crippen LogP contribution in [0.2, 0.25) is 0 Å². The fourth-order valence-corrected chi connectivity index (χ4v) is 3.70. The molecule has 0 aromatic rings. The summed E-state index contributed by atoms with van der Waals surface area (Å²) >= 11 is 0. The van der Waals surface area contributed by atoms with Gasteiger partial charge in [-0.1, -0.05) is 20.8 Å². The number of fused-ring (bicyclic) bond motifs is 1. The maximum atomic E-state index is 11.9. The number of hydrogen-bond donors (Lipinski definition) is 2. The number of amides is 1. The molecule has 4 atom stereocenters. The SMILES string of the molecule is CCN(CC)CC(=O)NCCC1NOC2CC(=O)CCC2C1C. The van der Waals surface area contributed by atoms with Crippen molar-refractivity contribution in [3.63, 3.8) is 0 Å². The summed E-state index contributed by atoms with van der Waals surface area (Å²) in [4.78, 5) is 31.2. The largest absolute Gasteiger partial charge is 0.355 e. The average Bonchev–Trinajstić information content (AvgIpc) is 2.54. The molecule has 2 aliphatic rings. The minimum absolute atomic E-state index is 0.0276. The van der Waals surface area contributed by atoms with Crippen molar-refractivity contribution in [2.75, 3.05) is 26.2 Å². The molecule has 132 valence electrons. The Bertz CT molecular complexity index is 412. The van der Waals surface area contributed by atoms with Crippen molar-refractivity contribution < 1.29 is 14.4 Å². The van der Waals surface area contributed by atoms with Crippen molar-refractivity contribution in [1.82, 2.24) is 15.7 Å². The van der Waals surface area contributed by atoms with Crippen molar-refractivity contribution in [3.8, 4) is 0 Å². The first-order chi connectivity index (χ1) is 11.0. The van der Waals surface area contributed by atoms with Gasteiger partial charge in [0.15, 0.2) is 0 Å². The van der Waals surface area contributed by atoms with Gasteiger partial charge in [0.05, 0.1) is 12.6 Å². The minimum Gasteiger partial charge on any atom is -0.355 e. The van der Waals surface area contributed by atoms with Gasteiger partial charge in [0.25, 0.3) is 0 Å². The van der Waals surface area contributed by atoms with Crippen molar-refractivity contribution in [1.29, 1.82) is 0 Å². The molecule has 1 aliphatic carbocycles. The van der Waals surface area contributed by atoms with Crippen LogP contribution in [-0.2, 0) is 14.4 Å². The van der Waals surface area contributed by atoms with E-state index in [1.807, 2.05) is 0 Å². The Morgan fingerprint density at radius 3 is 2.83 bits per heavy atom. The summed E-state index contributed by atoms with van der Waals surface area (Å²) < 4.78 is 0. The highest BCUT2D eigenvalue weighted by molar-refractivity contribution is 5.79. The summed E-state index contributed by atoms with van der Waals surface area (Å²) in [7, 11) is 0. The van der Waals surface area contributed by atoms with Gasteiger partial charge in [-0.2, -0.15) is 5.48 Å². The summed E-state index contributed by atoms with van der Waals surface area (Å²) in [5.41, 5.74) is 3.11. The highest BCUT2D eigenvalue weighted by Crippen LogP contribution is 2.35. The smallest absolute Gasteiger partial charge is 0.234 e. The highest BCUT2D eigenvalue weighted by atomic mass is 16.7. The zero-order valence-electron chi connectivity index (χ0n) is 14.6. The molecule has 1 aliphatic heterocycles. The maximum Gasteiger partial charge on any atom is 0.234 e. The Hall–Kier alpha value is -0.980. The number of likely N-dealkylation sites (N-methyl/N-ethyl adjacent to an activating group) is 1. The summed E-state index contributed by atoms with van der Waals surface area (Å²) in [5, 5.41) is 3.00. The predicted octanol–water partition coefficient (Wildman–Crippen LogP) is 1.11. The van der Waals surface area contributed by atoms with Gasteiger partial charge < -0.3 is 5.32 Å². The standard InChI is InChI=1S/C17H31N3O3/c1-4-20(5-2)11-17(22)18-9-8-15-12(3)14-7-6-13(21)10-16(14)23-19-15/h12,14-16,19H,4-11H2,1-3H3,(H,18,22). The normalized spacial score (nSPS) is 31.0. The van der Waals surface area contributed by atoms with Crippen LogP contribution in [0.5, 0.6) is 0 Å². The summed E-state index contributed by atoms with van der Waals surface area (Å²) in [6, 6.07) is 0.234. The lowest BCUT2D eigenvalue weighted by Gasteiger charge is -2.43. The van der Waals surface area contributed by atoms with Crippen LogP contribution < -0.4 is 10.8 Å². The molecule has 2 rings (SSSR count). The van der Waals surface area contributed by atoms with Crippen molar-refractivity contribution in [3.05, 3.63) is 0 Å². The van der Waals surface area contributed by atoms with E-state index in [1.54, 1.807) is 0 Å². The maximum absolute atomic E-state index is 11.9. The molecule has 23 heavy (non-hydrogen) atoms. The van der Waals surface area contributed by atoms with E-state index in [-0.39, 0.29) is 18.1 Å². The zero-order chi connectivity index (χ0) is 16.8. The van der Waals surface area contributed by atoms with Crippen molar-refractivity contribution in [2.45, 2.75) is 58.6 Å². The molecule has 1 saturated heterocycles. The number of Topliss-reactive ketones (excluding diaryl/α,β-unsaturated/α-hetero) is 1. The molecule has 4 unspecified atom stereocenters. The van der Waals surface area contributed by atoms with Crippen LogP contribution in [0.4, 0.5) is 0 Å². The molecule has 0 radical (unpaired) electrons. The minimum atomic E-state index is 0.0276. The van der Waals surface area contributed by atoms with Gasteiger partial charge in [-0.25, -0.2) is 0 Å². The van der Waals surface area contributed by atoms with E-state index in [1.165, 1.54) is 0 Å². The summed E-state index contributed by atoms with van der Waals surface area (Å²) in [6.45, 7) is 9.25. The van der Waals surface area contributed by atoms with Gasteiger partial charge in [-0.3, -0.25) is 19.3 Å². The quantitative estimate of drug-likeness (QED) is 0.734. The second kappa shape index (κ2) is 8.76. The second-order valence-corrected chi connectivity index (χ2v) is 6.79. The lowest BCUT2D eigenvalue weighted by Crippen LogP contribution is -2.53. The molecule has 0 aromatic heterocycles. The molecule has 0 spiro atoms. The summed E-state index contributed by atoms with van der Waals surface area (Å²) in [6.07, 6.45) is 3.02. The molecule has 1 amide bonds. The third-order valence-electron chi connectivity index (χ3n) is 5.38. The van der Waals surface area contributed by atoms with Gasteiger partial charge >= 0.3 is 0 Å². The molecule has 6 nitrogen and oxygen atoms in total. The van der Waals surface area contributed by atoms with Crippen molar-refractivity contribution in [2.24, 2.45) is 11.8 Å². The molecule has 6 heteroatoms. The Balaban J connectivity index is 1.72. The Labute approximate surface area is 139 Å². The number of rotatable bonds is 7. The number of hydrogen-bond acceptors (Lipinski definition) is 5. The van der Waals surface area contributed by atoms with Crippen LogP contribution in [0.25, 0.3) is 0 Å². The van der Waals surface area contributed by atoms with E-state index < -0.39 is 0 Å². The Kier molecular flexibility index (Phi) is 6.99. The third kappa shape index (κ3) is 4.99. The van der Waals surface area contributed by atoms with Crippen LogP contribution >= 0.6 is 0 Å². The molecule has 2 N–H and O–H groups in total. The van der Waals surface area contributed by atoms with Gasteiger partial charge in [0, 0.05) is 25.4 Å². The van der Waals surface area contributed by atoms with E-state index in [0.717, 1.165) is 25.9 Å². The topological polar surface area (TPSA) is 70.7 Å². The first-order valence-electron chi connectivity index (χ1n) is 8.97. The van der Waals surface area contributed by atoms with Gasteiger partial charge in [0.1, 0.15) is 5.78 Å².